The molecule has 0 saturated carbocycles. The van der Waals surface area contributed by atoms with Crippen molar-refractivity contribution < 1.29 is 9.53 Å². The van der Waals surface area contributed by atoms with E-state index in [9.17, 15) is 4.79 Å². The number of carbonyl (C=O) groups is 1. The molecule has 0 atom stereocenters. The molecule has 0 bridgehead atoms. The molecule has 0 radical (unpaired) electrons. The predicted octanol–water partition coefficient (Wildman–Crippen LogP) is 4.78. The van der Waals surface area contributed by atoms with Crippen LogP contribution < -0.4 is 0 Å². The Morgan fingerprint density at radius 3 is 1.75 bits per heavy atom. The van der Waals surface area contributed by atoms with Crippen molar-refractivity contribution in [3.05, 3.63) is 34.9 Å². The molecule has 1 aromatic rings. The lowest BCUT2D eigenvalue weighted by atomic mass is 9.79. The normalized spacial score (nSPS) is 12.5. The molecule has 0 amide bonds. The molecular weight excluding hydrogens is 298 g/mol. The molecule has 1 rings (SSSR count). The Bertz CT molecular complexity index is 514. The zero-order chi connectivity index (χ0) is 18.5. The summed E-state index contributed by atoms with van der Waals surface area (Å²) in [7, 11) is 0. The van der Waals surface area contributed by atoms with Gasteiger partial charge in [0.25, 0.3) is 0 Å². The Morgan fingerprint density at radius 2 is 1.38 bits per heavy atom. The number of nitrogens with zero attached hydrogens (tertiary/aromatic N) is 1. The first-order chi connectivity index (χ1) is 11.0. The van der Waals surface area contributed by atoms with E-state index in [1.807, 2.05) is 12.1 Å². The standard InChI is InChI=1S/C21H35NO2/c1-9-22(10-2)11-12-24-19(23)16-13-17(20(3,4)5)15-18(14-16)21(6,7)8/h13-15H,9-12H2,1-8H3. The molecule has 3 nitrogen and oxygen atoms in total. The zero-order valence-corrected chi connectivity index (χ0v) is 16.8. The minimum absolute atomic E-state index is 0.00247. The molecule has 0 aliphatic heterocycles. The second-order valence-electron chi connectivity index (χ2n) is 8.46. The van der Waals surface area contributed by atoms with Gasteiger partial charge in [-0.05, 0) is 47.2 Å². The van der Waals surface area contributed by atoms with E-state index in [0.717, 1.165) is 19.6 Å². The first-order valence-corrected chi connectivity index (χ1v) is 9.04. The van der Waals surface area contributed by atoms with Crippen molar-refractivity contribution in [3.63, 3.8) is 0 Å². The van der Waals surface area contributed by atoms with E-state index in [4.69, 9.17) is 4.74 Å². The van der Waals surface area contributed by atoms with Crippen molar-refractivity contribution in [2.45, 2.75) is 66.2 Å². The number of benzene rings is 1. The van der Waals surface area contributed by atoms with Gasteiger partial charge in [0, 0.05) is 6.54 Å². The van der Waals surface area contributed by atoms with Crippen molar-refractivity contribution in [2.75, 3.05) is 26.2 Å². The van der Waals surface area contributed by atoms with Crippen LogP contribution in [-0.4, -0.2) is 37.1 Å². The average molecular weight is 334 g/mol. The molecule has 24 heavy (non-hydrogen) atoms. The summed E-state index contributed by atoms with van der Waals surface area (Å²) in [4.78, 5) is 14.8. The lowest BCUT2D eigenvalue weighted by Gasteiger charge is -2.26. The van der Waals surface area contributed by atoms with E-state index < -0.39 is 0 Å². The van der Waals surface area contributed by atoms with Crippen molar-refractivity contribution >= 4 is 5.97 Å². The molecule has 0 unspecified atom stereocenters. The van der Waals surface area contributed by atoms with Gasteiger partial charge in [0.2, 0.25) is 0 Å². The first-order valence-electron chi connectivity index (χ1n) is 9.04. The van der Waals surface area contributed by atoms with Gasteiger partial charge in [-0.1, -0.05) is 61.5 Å². The predicted molar refractivity (Wildman–Crippen MR) is 102 cm³/mol. The van der Waals surface area contributed by atoms with Crippen LogP contribution in [0.25, 0.3) is 0 Å². The Kier molecular flexibility index (Phi) is 7.03. The highest BCUT2D eigenvalue weighted by Crippen LogP contribution is 2.30. The van der Waals surface area contributed by atoms with Gasteiger partial charge in [0.1, 0.15) is 6.61 Å². The summed E-state index contributed by atoms with van der Waals surface area (Å²) in [6, 6.07) is 6.18. The molecule has 0 aliphatic rings. The quantitative estimate of drug-likeness (QED) is 0.702. The number of carbonyl (C=O) groups excluding carboxylic acids is 1. The number of esters is 1. The van der Waals surface area contributed by atoms with E-state index in [1.165, 1.54) is 11.1 Å². The van der Waals surface area contributed by atoms with E-state index in [2.05, 4.69) is 66.4 Å². The lowest BCUT2D eigenvalue weighted by Crippen LogP contribution is -2.28. The summed E-state index contributed by atoms with van der Waals surface area (Å²) < 4.78 is 5.52. The Labute approximate surface area is 148 Å². The lowest BCUT2D eigenvalue weighted by molar-refractivity contribution is 0.0466. The minimum Gasteiger partial charge on any atom is -0.461 e. The fraction of sp³-hybridized carbons (Fsp3) is 0.667. The summed E-state index contributed by atoms with van der Waals surface area (Å²) in [6.07, 6.45) is 0. The van der Waals surface area contributed by atoms with Gasteiger partial charge < -0.3 is 9.64 Å². The van der Waals surface area contributed by atoms with Crippen molar-refractivity contribution in [1.82, 2.24) is 4.90 Å². The zero-order valence-electron chi connectivity index (χ0n) is 16.8. The average Bonchev–Trinajstić information content (AvgIpc) is 2.49. The van der Waals surface area contributed by atoms with Gasteiger partial charge in [-0.25, -0.2) is 4.79 Å². The molecular formula is C21H35NO2. The van der Waals surface area contributed by atoms with Gasteiger partial charge in [0.05, 0.1) is 5.56 Å². The van der Waals surface area contributed by atoms with Crippen molar-refractivity contribution in [3.8, 4) is 0 Å². The molecule has 0 spiro atoms. The maximum Gasteiger partial charge on any atom is 0.338 e. The topological polar surface area (TPSA) is 29.5 Å². The highest BCUT2D eigenvalue weighted by atomic mass is 16.5. The third-order valence-corrected chi connectivity index (χ3v) is 4.44. The highest BCUT2D eigenvalue weighted by molar-refractivity contribution is 5.90. The summed E-state index contributed by atoms with van der Waals surface area (Å²) in [6.45, 7) is 20.4. The SMILES string of the molecule is CCN(CC)CCOC(=O)c1cc(C(C)(C)C)cc(C(C)(C)C)c1. The molecule has 1 aromatic carbocycles. The van der Waals surface area contributed by atoms with Crippen molar-refractivity contribution in [2.24, 2.45) is 0 Å². The third-order valence-electron chi connectivity index (χ3n) is 4.44. The number of ether oxygens (including phenoxy) is 1. The van der Waals surface area contributed by atoms with Gasteiger partial charge in [-0.15, -0.1) is 0 Å². The molecule has 0 saturated heterocycles. The van der Waals surface area contributed by atoms with Crippen LogP contribution in [0.15, 0.2) is 18.2 Å². The number of hydrogen-bond acceptors (Lipinski definition) is 3. The molecule has 0 heterocycles. The molecule has 0 aromatic heterocycles. The van der Waals surface area contributed by atoms with Gasteiger partial charge in [0.15, 0.2) is 0 Å². The molecule has 136 valence electrons. The van der Waals surface area contributed by atoms with Crippen LogP contribution in [0.2, 0.25) is 0 Å². The molecule has 0 fully saturated rings. The van der Waals surface area contributed by atoms with Crippen LogP contribution in [0.4, 0.5) is 0 Å². The number of likely N-dealkylation sites (N-methyl/N-ethyl adjacent to an activating group) is 1. The summed E-state index contributed by atoms with van der Waals surface area (Å²) in [5.41, 5.74) is 3.00. The molecule has 0 N–H and O–H groups in total. The van der Waals surface area contributed by atoms with E-state index in [-0.39, 0.29) is 16.8 Å². The van der Waals surface area contributed by atoms with Crippen LogP contribution in [0.3, 0.4) is 0 Å². The fourth-order valence-electron chi connectivity index (χ4n) is 2.50. The Morgan fingerprint density at radius 1 is 0.917 bits per heavy atom. The molecule has 0 aliphatic carbocycles. The second-order valence-corrected chi connectivity index (χ2v) is 8.46. The fourth-order valence-corrected chi connectivity index (χ4v) is 2.50. The van der Waals surface area contributed by atoms with Crippen molar-refractivity contribution in [1.29, 1.82) is 0 Å². The van der Waals surface area contributed by atoms with E-state index in [1.54, 1.807) is 0 Å². The smallest absolute Gasteiger partial charge is 0.338 e. The summed E-state index contributed by atoms with van der Waals surface area (Å²) in [5, 5.41) is 0. The third kappa shape index (κ3) is 5.94. The van der Waals surface area contributed by atoms with Crippen LogP contribution in [0.1, 0.15) is 76.9 Å². The second kappa shape index (κ2) is 8.15. The van der Waals surface area contributed by atoms with Crippen LogP contribution in [-0.2, 0) is 15.6 Å². The van der Waals surface area contributed by atoms with Crippen LogP contribution >= 0.6 is 0 Å². The molecule has 3 heteroatoms. The van der Waals surface area contributed by atoms with Gasteiger partial charge in [-0.3, -0.25) is 0 Å². The van der Waals surface area contributed by atoms with Crippen LogP contribution in [0.5, 0.6) is 0 Å². The number of rotatable bonds is 6. The maximum atomic E-state index is 12.5. The largest absolute Gasteiger partial charge is 0.461 e. The highest BCUT2D eigenvalue weighted by Gasteiger charge is 2.22. The Balaban J connectivity index is 2.99. The monoisotopic (exact) mass is 333 g/mol. The Hall–Kier alpha value is -1.35. The minimum atomic E-state index is -0.223. The van der Waals surface area contributed by atoms with E-state index >= 15 is 0 Å². The summed E-state index contributed by atoms with van der Waals surface area (Å²) >= 11 is 0. The maximum absolute atomic E-state index is 12.5. The van der Waals surface area contributed by atoms with E-state index in [0.29, 0.717) is 12.2 Å². The van der Waals surface area contributed by atoms with Gasteiger partial charge >= 0.3 is 5.97 Å². The summed E-state index contributed by atoms with van der Waals surface area (Å²) in [5.74, 6) is -0.223. The van der Waals surface area contributed by atoms with Crippen LogP contribution in [0, 0.1) is 0 Å². The number of hydrogen-bond donors (Lipinski definition) is 0. The van der Waals surface area contributed by atoms with Gasteiger partial charge in [-0.2, -0.15) is 0 Å². The first kappa shape index (κ1) is 20.7.